The topological polar surface area (TPSA) is 64.6 Å². The number of ether oxygens (including phenoxy) is 2. The highest BCUT2D eigenvalue weighted by molar-refractivity contribution is 5.75. The number of unbranched alkanes of at least 4 members (excludes halogenated alkanes) is 1. The molecule has 0 heterocycles. The van der Waals surface area contributed by atoms with Gasteiger partial charge in [-0.1, -0.05) is 27.2 Å². The van der Waals surface area contributed by atoms with Gasteiger partial charge in [0.1, 0.15) is 6.61 Å². The maximum Gasteiger partial charge on any atom is 0.308 e. The number of carbonyl (C=O) groups excluding carboxylic acids is 2. The Morgan fingerprint density at radius 1 is 1.04 bits per heavy atom. The molecule has 5 heteroatoms. The van der Waals surface area contributed by atoms with Crippen LogP contribution in [0, 0.1) is 11.8 Å². The minimum Gasteiger partial charge on any atom is -0.465 e. The van der Waals surface area contributed by atoms with E-state index in [4.69, 9.17) is 9.47 Å². The van der Waals surface area contributed by atoms with Crippen LogP contribution in [0.1, 0.15) is 67.2 Å². The van der Waals surface area contributed by atoms with Crippen molar-refractivity contribution in [3.63, 3.8) is 0 Å². The number of carbonyl (C=O) groups is 2. The molecule has 136 valence electrons. The molecule has 0 aromatic rings. The van der Waals surface area contributed by atoms with Gasteiger partial charge < -0.3 is 14.8 Å². The summed E-state index contributed by atoms with van der Waals surface area (Å²) in [6, 6.07) is 0. The van der Waals surface area contributed by atoms with Crippen LogP contribution in [-0.4, -0.2) is 37.2 Å². The Kier molecular flexibility index (Phi) is 10.9. The van der Waals surface area contributed by atoms with Crippen molar-refractivity contribution in [1.82, 2.24) is 5.32 Å². The van der Waals surface area contributed by atoms with E-state index in [0.717, 1.165) is 12.8 Å². The molecule has 23 heavy (non-hydrogen) atoms. The average Bonchev–Trinajstić information content (AvgIpc) is 2.47. The Bertz CT molecular complexity index is 349. The number of hydrogen-bond donors (Lipinski definition) is 1. The minimum absolute atomic E-state index is 0.00752. The predicted molar refractivity (Wildman–Crippen MR) is 92.1 cm³/mol. The molecule has 0 aromatic carbocycles. The fourth-order valence-electron chi connectivity index (χ4n) is 2.11. The Hall–Kier alpha value is -1.10. The second kappa shape index (κ2) is 11.4. The van der Waals surface area contributed by atoms with Crippen LogP contribution in [0.2, 0.25) is 0 Å². The van der Waals surface area contributed by atoms with Crippen molar-refractivity contribution in [2.24, 2.45) is 11.8 Å². The third kappa shape index (κ3) is 11.1. The standard InChI is InChI=1S/C18H35NO4/c1-7-9-11-22-17(21)15(8-2)13-14(3)16(20)23-12-10-19-18(4,5)6/h14-15,19H,7-13H2,1-6H3. The van der Waals surface area contributed by atoms with E-state index in [1.165, 1.54) is 0 Å². The van der Waals surface area contributed by atoms with Gasteiger partial charge in [-0.25, -0.2) is 0 Å². The van der Waals surface area contributed by atoms with Crippen LogP contribution in [0.25, 0.3) is 0 Å². The monoisotopic (exact) mass is 329 g/mol. The molecule has 0 aromatic heterocycles. The number of esters is 2. The van der Waals surface area contributed by atoms with Gasteiger partial charge in [0.25, 0.3) is 0 Å². The number of nitrogens with one attached hydrogen (secondary N) is 1. The zero-order valence-electron chi connectivity index (χ0n) is 15.7. The normalized spacial score (nSPS) is 14.2. The summed E-state index contributed by atoms with van der Waals surface area (Å²) in [5.41, 5.74) is 0.00752. The highest BCUT2D eigenvalue weighted by atomic mass is 16.5. The molecule has 5 nitrogen and oxygen atoms in total. The summed E-state index contributed by atoms with van der Waals surface area (Å²) in [5.74, 6) is -0.981. The first-order chi connectivity index (χ1) is 10.7. The Morgan fingerprint density at radius 2 is 1.65 bits per heavy atom. The van der Waals surface area contributed by atoms with Crippen LogP contribution in [-0.2, 0) is 19.1 Å². The van der Waals surface area contributed by atoms with E-state index in [0.29, 0.717) is 32.6 Å². The summed E-state index contributed by atoms with van der Waals surface area (Å²) in [6.45, 7) is 13.4. The Labute approximate surface area is 141 Å². The zero-order chi connectivity index (χ0) is 17.9. The third-order valence-corrected chi connectivity index (χ3v) is 3.61. The summed E-state index contributed by atoms with van der Waals surface area (Å²) in [4.78, 5) is 24.0. The van der Waals surface area contributed by atoms with Crippen LogP contribution in [0.4, 0.5) is 0 Å². The lowest BCUT2D eigenvalue weighted by Crippen LogP contribution is -2.38. The van der Waals surface area contributed by atoms with Crippen molar-refractivity contribution >= 4 is 11.9 Å². The molecule has 2 atom stereocenters. The van der Waals surface area contributed by atoms with E-state index in [1.807, 2.05) is 13.8 Å². The van der Waals surface area contributed by atoms with E-state index < -0.39 is 0 Å². The predicted octanol–water partition coefficient (Wildman–Crippen LogP) is 3.31. The van der Waals surface area contributed by atoms with Gasteiger partial charge >= 0.3 is 11.9 Å². The van der Waals surface area contributed by atoms with Crippen LogP contribution >= 0.6 is 0 Å². The van der Waals surface area contributed by atoms with E-state index >= 15 is 0 Å². The smallest absolute Gasteiger partial charge is 0.308 e. The van der Waals surface area contributed by atoms with Crippen molar-refractivity contribution in [1.29, 1.82) is 0 Å². The van der Waals surface area contributed by atoms with E-state index in [9.17, 15) is 9.59 Å². The maximum absolute atomic E-state index is 12.0. The van der Waals surface area contributed by atoms with Gasteiger partial charge in [-0.3, -0.25) is 9.59 Å². The van der Waals surface area contributed by atoms with Gasteiger partial charge in [-0.15, -0.1) is 0 Å². The molecule has 0 aliphatic carbocycles. The van der Waals surface area contributed by atoms with Gasteiger partial charge in [0.05, 0.1) is 18.4 Å². The highest BCUT2D eigenvalue weighted by Crippen LogP contribution is 2.18. The molecule has 0 aliphatic rings. The first-order valence-corrected chi connectivity index (χ1v) is 8.79. The lowest BCUT2D eigenvalue weighted by molar-refractivity contribution is -0.152. The van der Waals surface area contributed by atoms with Crippen molar-refractivity contribution in [3.05, 3.63) is 0 Å². The molecule has 0 saturated heterocycles. The molecule has 0 radical (unpaired) electrons. The molecule has 0 bridgehead atoms. The first-order valence-electron chi connectivity index (χ1n) is 8.79. The van der Waals surface area contributed by atoms with Crippen molar-refractivity contribution in [2.75, 3.05) is 19.8 Å². The average molecular weight is 329 g/mol. The molecule has 0 spiro atoms. The van der Waals surface area contributed by atoms with Gasteiger partial charge in [-0.2, -0.15) is 0 Å². The summed E-state index contributed by atoms with van der Waals surface area (Å²) in [6.07, 6.45) is 3.02. The molecule has 0 saturated carbocycles. The summed E-state index contributed by atoms with van der Waals surface area (Å²) in [5, 5.41) is 3.26. The Morgan fingerprint density at radius 3 is 2.17 bits per heavy atom. The van der Waals surface area contributed by atoms with Crippen molar-refractivity contribution in [2.45, 2.75) is 72.8 Å². The fraction of sp³-hybridized carbons (Fsp3) is 0.889. The number of hydrogen-bond acceptors (Lipinski definition) is 5. The molecule has 0 amide bonds. The summed E-state index contributed by atoms with van der Waals surface area (Å²) < 4.78 is 10.5. The second-order valence-corrected chi connectivity index (χ2v) is 7.11. The fourth-order valence-corrected chi connectivity index (χ4v) is 2.11. The van der Waals surface area contributed by atoms with Crippen molar-refractivity contribution in [3.8, 4) is 0 Å². The molecular formula is C18H35NO4. The van der Waals surface area contributed by atoms with E-state index in [1.54, 1.807) is 0 Å². The zero-order valence-corrected chi connectivity index (χ0v) is 15.7. The SMILES string of the molecule is CCCCOC(=O)C(CC)CC(C)C(=O)OCCNC(C)(C)C. The molecular weight excluding hydrogens is 294 g/mol. The van der Waals surface area contributed by atoms with Gasteiger partial charge in [0.15, 0.2) is 0 Å². The first kappa shape index (κ1) is 21.9. The van der Waals surface area contributed by atoms with Gasteiger partial charge in [-0.05, 0) is 40.0 Å². The summed E-state index contributed by atoms with van der Waals surface area (Å²) in [7, 11) is 0. The molecule has 0 rings (SSSR count). The lowest BCUT2D eigenvalue weighted by atomic mass is 9.94. The molecule has 0 aliphatic heterocycles. The van der Waals surface area contributed by atoms with Crippen LogP contribution < -0.4 is 5.32 Å². The van der Waals surface area contributed by atoms with Crippen LogP contribution in [0.3, 0.4) is 0 Å². The largest absolute Gasteiger partial charge is 0.465 e. The van der Waals surface area contributed by atoms with E-state index in [-0.39, 0.29) is 29.3 Å². The maximum atomic E-state index is 12.0. The lowest BCUT2D eigenvalue weighted by Gasteiger charge is -2.21. The van der Waals surface area contributed by atoms with Gasteiger partial charge in [0, 0.05) is 12.1 Å². The third-order valence-electron chi connectivity index (χ3n) is 3.61. The van der Waals surface area contributed by atoms with Crippen LogP contribution in [0.5, 0.6) is 0 Å². The summed E-state index contributed by atoms with van der Waals surface area (Å²) >= 11 is 0. The number of rotatable bonds is 11. The highest BCUT2D eigenvalue weighted by Gasteiger charge is 2.25. The second-order valence-electron chi connectivity index (χ2n) is 7.11. The molecule has 1 N–H and O–H groups in total. The quantitative estimate of drug-likeness (QED) is 0.465. The van der Waals surface area contributed by atoms with Crippen LogP contribution in [0.15, 0.2) is 0 Å². The Balaban J connectivity index is 4.13. The molecule has 2 unspecified atom stereocenters. The van der Waals surface area contributed by atoms with Crippen molar-refractivity contribution < 1.29 is 19.1 Å². The molecule has 0 fully saturated rings. The van der Waals surface area contributed by atoms with Gasteiger partial charge in [0.2, 0.25) is 0 Å². The minimum atomic E-state index is -0.298. The van der Waals surface area contributed by atoms with E-state index in [2.05, 4.69) is 33.0 Å².